The van der Waals surface area contributed by atoms with Gasteiger partial charge in [0.2, 0.25) is 5.91 Å². The second kappa shape index (κ2) is 6.29. The van der Waals surface area contributed by atoms with Crippen LogP contribution in [-0.2, 0) is 14.6 Å². The average molecular weight is 335 g/mol. The molecule has 1 heterocycles. The highest BCUT2D eigenvalue weighted by atomic mass is 35.5. The zero-order valence-corrected chi connectivity index (χ0v) is 13.0. The number of nitrogens with zero attached hydrogens (tertiary/aromatic N) is 1. The number of carbonyl (C=O) groups is 1. The minimum Gasteiger partial charge on any atom is -0.325 e. The van der Waals surface area contributed by atoms with E-state index in [0.717, 1.165) is 0 Å². The van der Waals surface area contributed by atoms with Gasteiger partial charge in [0, 0.05) is 11.7 Å². The van der Waals surface area contributed by atoms with E-state index in [9.17, 15) is 17.6 Å². The Bertz CT molecular complexity index is 651. The Kier molecular flexibility index (Phi) is 4.85. The van der Waals surface area contributed by atoms with Crippen LogP contribution in [0.4, 0.5) is 10.1 Å². The lowest BCUT2D eigenvalue weighted by Gasteiger charge is -2.22. The Morgan fingerprint density at radius 3 is 2.81 bits per heavy atom. The van der Waals surface area contributed by atoms with Crippen LogP contribution in [0.15, 0.2) is 18.2 Å². The topological polar surface area (TPSA) is 66.5 Å². The number of rotatable bonds is 4. The molecule has 1 unspecified atom stereocenters. The fraction of sp³-hybridized carbons (Fsp3) is 0.462. The first-order valence-corrected chi connectivity index (χ1v) is 8.62. The van der Waals surface area contributed by atoms with Crippen molar-refractivity contribution < 1.29 is 17.6 Å². The van der Waals surface area contributed by atoms with Crippen molar-refractivity contribution in [3.8, 4) is 0 Å². The third-order valence-corrected chi connectivity index (χ3v) is 5.47. The molecule has 1 fully saturated rings. The first-order valence-electron chi connectivity index (χ1n) is 6.42. The van der Waals surface area contributed by atoms with Crippen LogP contribution in [0, 0.1) is 5.82 Å². The standard InChI is InChI=1S/C13H16ClFN2O3S/c1-17(10-4-5-21(19,20)8-10)7-13(18)16-9-2-3-12(15)11(14)6-9/h2-3,6,10H,4-5,7-8H2,1H3,(H,16,18). The summed E-state index contributed by atoms with van der Waals surface area (Å²) in [6, 6.07) is 3.77. The molecule has 1 saturated heterocycles. The molecule has 21 heavy (non-hydrogen) atoms. The molecule has 2 rings (SSSR count). The van der Waals surface area contributed by atoms with Gasteiger partial charge in [-0.05, 0) is 31.7 Å². The van der Waals surface area contributed by atoms with E-state index < -0.39 is 15.7 Å². The van der Waals surface area contributed by atoms with Gasteiger partial charge in [-0.3, -0.25) is 9.69 Å². The van der Waals surface area contributed by atoms with Crippen molar-refractivity contribution in [3.05, 3.63) is 29.0 Å². The number of anilines is 1. The molecule has 0 saturated carbocycles. The molecule has 1 aromatic rings. The first kappa shape index (κ1) is 16.2. The zero-order chi connectivity index (χ0) is 15.6. The van der Waals surface area contributed by atoms with Gasteiger partial charge in [-0.25, -0.2) is 12.8 Å². The van der Waals surface area contributed by atoms with E-state index in [4.69, 9.17) is 11.6 Å². The lowest BCUT2D eigenvalue weighted by molar-refractivity contribution is -0.117. The van der Waals surface area contributed by atoms with E-state index in [1.807, 2.05) is 0 Å². The van der Waals surface area contributed by atoms with Gasteiger partial charge in [0.05, 0.1) is 23.1 Å². The predicted molar refractivity (Wildman–Crippen MR) is 79.7 cm³/mol. The zero-order valence-electron chi connectivity index (χ0n) is 11.5. The average Bonchev–Trinajstić information content (AvgIpc) is 2.74. The molecule has 1 amide bonds. The maximum Gasteiger partial charge on any atom is 0.238 e. The summed E-state index contributed by atoms with van der Waals surface area (Å²) in [6.07, 6.45) is 0.536. The van der Waals surface area contributed by atoms with E-state index in [2.05, 4.69) is 5.32 Å². The van der Waals surface area contributed by atoms with E-state index >= 15 is 0 Å². The smallest absolute Gasteiger partial charge is 0.238 e. The molecular formula is C13H16ClFN2O3S. The van der Waals surface area contributed by atoms with Crippen LogP contribution >= 0.6 is 11.6 Å². The van der Waals surface area contributed by atoms with E-state index in [1.165, 1.54) is 18.2 Å². The van der Waals surface area contributed by atoms with Crippen molar-refractivity contribution >= 4 is 33.0 Å². The second-order valence-electron chi connectivity index (χ2n) is 5.15. The number of sulfone groups is 1. The lowest BCUT2D eigenvalue weighted by atomic mass is 10.2. The first-order chi connectivity index (χ1) is 9.77. The molecule has 1 aromatic carbocycles. The van der Waals surface area contributed by atoms with Crippen molar-refractivity contribution in [3.63, 3.8) is 0 Å². The Labute approximate surface area is 128 Å². The molecule has 0 radical (unpaired) electrons. The lowest BCUT2D eigenvalue weighted by Crippen LogP contribution is -2.38. The Hall–Kier alpha value is -1.18. The SMILES string of the molecule is CN(CC(=O)Nc1ccc(F)c(Cl)c1)C1CCS(=O)(=O)C1. The molecule has 116 valence electrons. The molecular weight excluding hydrogens is 319 g/mol. The van der Waals surface area contributed by atoms with Gasteiger partial charge >= 0.3 is 0 Å². The Morgan fingerprint density at radius 1 is 1.52 bits per heavy atom. The maximum absolute atomic E-state index is 13.0. The van der Waals surface area contributed by atoms with Gasteiger partial charge in [-0.2, -0.15) is 0 Å². The van der Waals surface area contributed by atoms with Gasteiger partial charge < -0.3 is 5.32 Å². The molecule has 0 bridgehead atoms. The van der Waals surface area contributed by atoms with Gasteiger partial charge in [0.25, 0.3) is 0 Å². The molecule has 0 aliphatic carbocycles. The minimum absolute atomic E-state index is 0.0647. The number of hydrogen-bond acceptors (Lipinski definition) is 4. The molecule has 1 N–H and O–H groups in total. The summed E-state index contributed by atoms with van der Waals surface area (Å²) in [5.41, 5.74) is 0.402. The van der Waals surface area contributed by atoms with Gasteiger partial charge in [0.15, 0.2) is 9.84 Å². The molecule has 1 aliphatic heterocycles. The number of nitrogens with one attached hydrogen (secondary N) is 1. The van der Waals surface area contributed by atoms with Crippen LogP contribution in [0.3, 0.4) is 0 Å². The van der Waals surface area contributed by atoms with Gasteiger partial charge in [-0.15, -0.1) is 0 Å². The van der Waals surface area contributed by atoms with Crippen LogP contribution in [0.5, 0.6) is 0 Å². The maximum atomic E-state index is 13.0. The summed E-state index contributed by atoms with van der Waals surface area (Å²) in [5.74, 6) is -0.608. The number of amides is 1. The molecule has 8 heteroatoms. The number of halogens is 2. The highest BCUT2D eigenvalue weighted by molar-refractivity contribution is 7.91. The summed E-state index contributed by atoms with van der Waals surface area (Å²) in [5, 5.41) is 2.54. The third-order valence-electron chi connectivity index (χ3n) is 3.43. The van der Waals surface area contributed by atoms with Crippen molar-refractivity contribution in [2.24, 2.45) is 0 Å². The Balaban J connectivity index is 1.91. The molecule has 1 aliphatic rings. The summed E-state index contributed by atoms with van der Waals surface area (Å²) >= 11 is 5.63. The molecule has 0 spiro atoms. The summed E-state index contributed by atoms with van der Waals surface area (Å²) < 4.78 is 35.8. The van der Waals surface area contributed by atoms with Crippen LogP contribution in [0.25, 0.3) is 0 Å². The fourth-order valence-corrected chi connectivity index (χ4v) is 4.24. The van der Waals surface area contributed by atoms with E-state index in [1.54, 1.807) is 11.9 Å². The van der Waals surface area contributed by atoms with Gasteiger partial charge in [0.1, 0.15) is 5.82 Å². The normalized spacial score (nSPS) is 20.7. The van der Waals surface area contributed by atoms with Crippen LogP contribution < -0.4 is 5.32 Å². The van der Waals surface area contributed by atoms with Crippen LogP contribution in [-0.4, -0.2) is 50.4 Å². The highest BCUT2D eigenvalue weighted by Crippen LogP contribution is 2.20. The number of benzene rings is 1. The largest absolute Gasteiger partial charge is 0.325 e. The quantitative estimate of drug-likeness (QED) is 0.907. The Morgan fingerprint density at radius 2 is 2.24 bits per heavy atom. The highest BCUT2D eigenvalue weighted by Gasteiger charge is 2.31. The van der Waals surface area contributed by atoms with E-state index in [0.29, 0.717) is 12.1 Å². The van der Waals surface area contributed by atoms with Crippen molar-refractivity contribution in [2.45, 2.75) is 12.5 Å². The summed E-state index contributed by atoms with van der Waals surface area (Å²) in [7, 11) is -1.27. The van der Waals surface area contributed by atoms with Crippen molar-refractivity contribution in [1.29, 1.82) is 0 Å². The monoisotopic (exact) mass is 334 g/mol. The van der Waals surface area contributed by atoms with Crippen molar-refractivity contribution in [1.82, 2.24) is 4.90 Å². The molecule has 1 atom stereocenters. The number of carbonyl (C=O) groups excluding carboxylic acids is 1. The van der Waals surface area contributed by atoms with Crippen LogP contribution in [0.1, 0.15) is 6.42 Å². The number of likely N-dealkylation sites (N-methyl/N-ethyl adjacent to an activating group) is 1. The summed E-state index contributed by atoms with van der Waals surface area (Å²) in [4.78, 5) is 13.6. The summed E-state index contributed by atoms with van der Waals surface area (Å²) in [6.45, 7) is 0.0647. The second-order valence-corrected chi connectivity index (χ2v) is 7.78. The fourth-order valence-electron chi connectivity index (χ4n) is 2.25. The van der Waals surface area contributed by atoms with Gasteiger partial charge in [-0.1, -0.05) is 11.6 Å². The molecule has 5 nitrogen and oxygen atoms in total. The molecule has 0 aromatic heterocycles. The van der Waals surface area contributed by atoms with Crippen molar-refractivity contribution in [2.75, 3.05) is 30.4 Å². The number of hydrogen-bond donors (Lipinski definition) is 1. The predicted octanol–water partition coefficient (Wildman–Crippen LogP) is 1.54. The minimum atomic E-state index is -2.98. The third kappa shape index (κ3) is 4.39. The van der Waals surface area contributed by atoms with E-state index in [-0.39, 0.29) is 35.0 Å². The van der Waals surface area contributed by atoms with Crippen LogP contribution in [0.2, 0.25) is 5.02 Å².